The number of carboxylic acids is 2. The molecule has 0 saturated heterocycles. The number of aliphatic carboxylic acids is 2. The molecule has 14 nitrogen and oxygen atoms in total. The molecule has 1 aromatic carbocycles. The molecule has 0 bridgehead atoms. The van der Waals surface area contributed by atoms with Crippen LogP contribution in [0.4, 0.5) is 0 Å². The number of phenols is 1. The number of hydrogen-bond acceptors (Lipinski definition) is 9. The fourth-order valence-corrected chi connectivity index (χ4v) is 3.33. The Balaban J connectivity index is 3.00. The van der Waals surface area contributed by atoms with E-state index in [1.54, 1.807) is 12.1 Å². The van der Waals surface area contributed by atoms with Crippen molar-refractivity contribution in [1.29, 1.82) is 0 Å². The molecule has 0 aromatic heterocycles. The van der Waals surface area contributed by atoms with E-state index in [1.165, 1.54) is 12.1 Å². The van der Waals surface area contributed by atoms with Crippen LogP contribution in [0.1, 0.15) is 31.2 Å². The van der Waals surface area contributed by atoms with E-state index in [-0.39, 0.29) is 37.2 Å². The summed E-state index contributed by atoms with van der Waals surface area (Å²) in [5.74, 6) is -6.32. The fourth-order valence-electron chi connectivity index (χ4n) is 3.08. The van der Waals surface area contributed by atoms with Crippen molar-refractivity contribution in [2.24, 2.45) is 11.5 Å². The number of aromatic hydroxyl groups is 1. The highest BCUT2D eigenvalue weighted by Crippen LogP contribution is 2.11. The summed E-state index contributed by atoms with van der Waals surface area (Å²) in [6.45, 7) is 0. The van der Waals surface area contributed by atoms with Crippen LogP contribution in [0.5, 0.6) is 5.75 Å². The van der Waals surface area contributed by atoms with Gasteiger partial charge in [0.15, 0.2) is 0 Å². The van der Waals surface area contributed by atoms with Gasteiger partial charge in [0.2, 0.25) is 23.6 Å². The summed E-state index contributed by atoms with van der Waals surface area (Å²) in [5.41, 5.74) is 11.7. The number of benzene rings is 1. The van der Waals surface area contributed by atoms with Gasteiger partial charge in [-0.05, 0) is 37.0 Å². The Labute approximate surface area is 217 Å². The largest absolute Gasteiger partial charge is 0.508 e. The van der Waals surface area contributed by atoms with E-state index in [0.29, 0.717) is 5.56 Å². The van der Waals surface area contributed by atoms with Gasteiger partial charge in [-0.3, -0.25) is 24.0 Å². The maximum absolute atomic E-state index is 12.9. The SMILES string of the molecule is NC(=O)CCC(NC(=O)C(CCC(=O)O)NC(=O)C(N)Cc1ccc(O)cc1)C(=O)NC(CS)C(=O)O. The van der Waals surface area contributed by atoms with Gasteiger partial charge >= 0.3 is 11.9 Å². The van der Waals surface area contributed by atoms with Crippen molar-refractivity contribution in [2.75, 3.05) is 5.75 Å². The quantitative estimate of drug-likeness (QED) is 0.103. The Morgan fingerprint density at radius 2 is 1.30 bits per heavy atom. The maximum atomic E-state index is 12.9. The van der Waals surface area contributed by atoms with Gasteiger partial charge in [0.1, 0.15) is 23.9 Å². The van der Waals surface area contributed by atoms with Crippen molar-refractivity contribution in [3.05, 3.63) is 29.8 Å². The third-order valence-electron chi connectivity index (χ3n) is 5.12. The minimum atomic E-state index is -1.42. The van der Waals surface area contributed by atoms with Crippen LogP contribution in [0, 0.1) is 0 Å². The number of nitrogens with one attached hydrogen (secondary N) is 3. The molecule has 0 aliphatic heterocycles. The van der Waals surface area contributed by atoms with Crippen LogP contribution >= 0.6 is 12.6 Å². The van der Waals surface area contributed by atoms with Crippen LogP contribution in [0.25, 0.3) is 0 Å². The van der Waals surface area contributed by atoms with E-state index < -0.39 is 66.2 Å². The molecule has 0 saturated carbocycles. The van der Waals surface area contributed by atoms with Gasteiger partial charge in [0, 0.05) is 18.6 Å². The summed E-state index contributed by atoms with van der Waals surface area (Å²) in [4.78, 5) is 71.7. The first-order valence-electron chi connectivity index (χ1n) is 11.1. The van der Waals surface area contributed by atoms with Gasteiger partial charge < -0.3 is 42.7 Å². The number of rotatable bonds is 16. The molecule has 4 amide bonds. The molecule has 0 heterocycles. The lowest BCUT2D eigenvalue weighted by Crippen LogP contribution is -2.57. The minimum absolute atomic E-state index is 0.0196. The second kappa shape index (κ2) is 15.3. The Bertz CT molecular complexity index is 989. The zero-order valence-corrected chi connectivity index (χ0v) is 20.6. The highest BCUT2D eigenvalue weighted by Gasteiger charge is 2.30. The third-order valence-corrected chi connectivity index (χ3v) is 5.48. The van der Waals surface area contributed by atoms with Crippen LogP contribution in [-0.4, -0.2) is 80.8 Å². The van der Waals surface area contributed by atoms with Crippen molar-refractivity contribution in [1.82, 2.24) is 16.0 Å². The Morgan fingerprint density at radius 3 is 1.76 bits per heavy atom. The van der Waals surface area contributed by atoms with Crippen LogP contribution in [0.3, 0.4) is 0 Å². The fraction of sp³-hybridized carbons (Fsp3) is 0.455. The molecule has 4 atom stereocenters. The molecule has 10 N–H and O–H groups in total. The van der Waals surface area contributed by atoms with E-state index in [9.17, 15) is 33.9 Å². The molecular formula is C22H31N5O9S. The molecule has 1 rings (SSSR count). The topological polar surface area (TPSA) is 251 Å². The molecule has 15 heteroatoms. The van der Waals surface area contributed by atoms with Crippen LogP contribution in [0.2, 0.25) is 0 Å². The van der Waals surface area contributed by atoms with Gasteiger partial charge in [0.25, 0.3) is 0 Å². The maximum Gasteiger partial charge on any atom is 0.327 e. The lowest BCUT2D eigenvalue weighted by atomic mass is 10.0. The molecule has 0 radical (unpaired) electrons. The van der Waals surface area contributed by atoms with Crippen LogP contribution in [-0.2, 0) is 35.2 Å². The average molecular weight is 542 g/mol. The minimum Gasteiger partial charge on any atom is -0.508 e. The number of carboxylic acid groups (broad SMARTS) is 2. The van der Waals surface area contributed by atoms with Crippen molar-refractivity contribution in [3.8, 4) is 5.75 Å². The Morgan fingerprint density at radius 1 is 0.811 bits per heavy atom. The lowest BCUT2D eigenvalue weighted by Gasteiger charge is -2.24. The predicted molar refractivity (Wildman–Crippen MR) is 132 cm³/mol. The molecule has 4 unspecified atom stereocenters. The predicted octanol–water partition coefficient (Wildman–Crippen LogP) is -2.14. The number of hydrogen-bond donors (Lipinski definition) is 9. The number of carbonyl (C=O) groups is 6. The first kappa shape index (κ1) is 31.2. The number of amides is 4. The van der Waals surface area contributed by atoms with E-state index in [0.717, 1.165) is 0 Å². The van der Waals surface area contributed by atoms with Gasteiger partial charge in [-0.25, -0.2) is 4.79 Å². The first-order chi connectivity index (χ1) is 17.3. The molecular weight excluding hydrogens is 510 g/mol. The molecule has 37 heavy (non-hydrogen) atoms. The summed E-state index contributed by atoms with van der Waals surface area (Å²) in [6.07, 6.45) is -1.43. The van der Waals surface area contributed by atoms with Gasteiger partial charge in [0.05, 0.1) is 6.04 Å². The summed E-state index contributed by atoms with van der Waals surface area (Å²) < 4.78 is 0. The zero-order valence-electron chi connectivity index (χ0n) is 19.8. The molecule has 204 valence electrons. The monoisotopic (exact) mass is 541 g/mol. The summed E-state index contributed by atoms with van der Waals surface area (Å²) >= 11 is 3.85. The second-order valence-electron chi connectivity index (χ2n) is 8.12. The van der Waals surface area contributed by atoms with E-state index in [2.05, 4.69) is 28.6 Å². The zero-order chi connectivity index (χ0) is 28.1. The molecule has 0 aliphatic carbocycles. The van der Waals surface area contributed by atoms with Crippen molar-refractivity contribution >= 4 is 48.2 Å². The Hall–Kier alpha value is -3.85. The molecule has 0 aliphatic rings. The standard InChI is InChI=1S/C22H31N5O9S/c23-13(9-11-1-3-12(28)4-2-11)19(32)25-15(6-8-18(30)31)20(33)26-14(5-7-17(24)29)21(34)27-16(10-37)22(35)36/h1-4,13-16,28,37H,5-10,23H2,(H2,24,29)(H,25,32)(H,26,33)(H,27,34)(H,30,31)(H,35,36). The summed E-state index contributed by atoms with van der Waals surface area (Å²) in [5, 5.41) is 34.4. The highest BCUT2D eigenvalue weighted by atomic mass is 32.1. The Kier molecular flexibility index (Phi) is 12.9. The van der Waals surface area contributed by atoms with Gasteiger partial charge in [-0.1, -0.05) is 12.1 Å². The highest BCUT2D eigenvalue weighted by molar-refractivity contribution is 7.80. The van der Waals surface area contributed by atoms with Crippen molar-refractivity contribution in [3.63, 3.8) is 0 Å². The van der Waals surface area contributed by atoms with Crippen LogP contribution in [0.15, 0.2) is 24.3 Å². The van der Waals surface area contributed by atoms with E-state index in [1.807, 2.05) is 0 Å². The second-order valence-corrected chi connectivity index (χ2v) is 8.48. The average Bonchev–Trinajstić information content (AvgIpc) is 2.83. The third kappa shape index (κ3) is 11.6. The first-order valence-corrected chi connectivity index (χ1v) is 11.8. The normalized spacial score (nSPS) is 13.9. The molecule has 1 aromatic rings. The van der Waals surface area contributed by atoms with E-state index >= 15 is 0 Å². The lowest BCUT2D eigenvalue weighted by molar-refractivity contribution is -0.141. The summed E-state index contributed by atoms with van der Waals surface area (Å²) in [6, 6.07) is 0.554. The van der Waals surface area contributed by atoms with Gasteiger partial charge in [-0.2, -0.15) is 12.6 Å². The molecule has 0 fully saturated rings. The van der Waals surface area contributed by atoms with Crippen molar-refractivity contribution in [2.45, 2.75) is 56.3 Å². The number of primary amides is 1. The molecule has 0 spiro atoms. The number of carbonyl (C=O) groups excluding carboxylic acids is 4. The van der Waals surface area contributed by atoms with Gasteiger partial charge in [-0.15, -0.1) is 0 Å². The summed E-state index contributed by atoms with van der Waals surface area (Å²) in [7, 11) is 0. The number of nitrogens with two attached hydrogens (primary N) is 2. The van der Waals surface area contributed by atoms with Crippen LogP contribution < -0.4 is 27.4 Å². The number of phenolic OH excluding ortho intramolecular Hbond substituents is 1. The van der Waals surface area contributed by atoms with E-state index in [4.69, 9.17) is 21.7 Å². The van der Waals surface area contributed by atoms with Crippen molar-refractivity contribution < 1.29 is 44.1 Å². The smallest absolute Gasteiger partial charge is 0.327 e. The number of thiol groups is 1.